The monoisotopic (exact) mass is 347 g/mol. The van der Waals surface area contributed by atoms with Gasteiger partial charge in [0.25, 0.3) is 0 Å². The normalized spacial score (nSPS) is 14.5. The van der Waals surface area contributed by atoms with E-state index >= 15 is 0 Å². The van der Waals surface area contributed by atoms with E-state index in [1.165, 1.54) is 5.56 Å². The number of rotatable bonds is 4. The number of carbonyl (C=O) groups is 2. The number of carbonyl (C=O) groups excluding carboxylic acids is 2. The van der Waals surface area contributed by atoms with Crippen LogP contribution in [0.15, 0.2) is 18.2 Å². The molecule has 0 fully saturated rings. The molecule has 0 unspecified atom stereocenters. The first-order chi connectivity index (χ1) is 11.8. The molecule has 1 heterocycles. The zero-order valence-electron chi connectivity index (χ0n) is 15.8. The van der Waals surface area contributed by atoms with Gasteiger partial charge in [0, 0.05) is 19.5 Å². The molecule has 25 heavy (non-hydrogen) atoms. The third-order valence-electron chi connectivity index (χ3n) is 4.08. The van der Waals surface area contributed by atoms with Gasteiger partial charge in [-0.3, -0.25) is 4.79 Å². The molecule has 0 saturated carbocycles. The van der Waals surface area contributed by atoms with E-state index < -0.39 is 5.60 Å². The first-order valence-corrected chi connectivity index (χ1v) is 9.02. The van der Waals surface area contributed by atoms with Crippen LogP contribution in [0.3, 0.4) is 0 Å². The van der Waals surface area contributed by atoms with Crippen molar-refractivity contribution >= 4 is 12.1 Å². The van der Waals surface area contributed by atoms with Crippen LogP contribution in [0.25, 0.3) is 0 Å². The van der Waals surface area contributed by atoms with Gasteiger partial charge < -0.3 is 14.4 Å². The van der Waals surface area contributed by atoms with Crippen molar-refractivity contribution < 1.29 is 19.1 Å². The predicted molar refractivity (Wildman–Crippen MR) is 96.4 cm³/mol. The third kappa shape index (κ3) is 6.07. The molecule has 0 radical (unpaired) electrons. The number of benzene rings is 1. The van der Waals surface area contributed by atoms with Crippen molar-refractivity contribution in [2.45, 2.75) is 65.5 Å². The van der Waals surface area contributed by atoms with Gasteiger partial charge in [0.05, 0.1) is 6.61 Å². The minimum Gasteiger partial charge on any atom is -0.466 e. The zero-order valence-corrected chi connectivity index (χ0v) is 15.8. The summed E-state index contributed by atoms with van der Waals surface area (Å²) in [6, 6.07) is 6.27. The highest BCUT2D eigenvalue weighted by molar-refractivity contribution is 5.70. The summed E-state index contributed by atoms with van der Waals surface area (Å²) in [6.07, 6.45) is 2.67. The van der Waals surface area contributed by atoms with Crippen LogP contribution in [0.2, 0.25) is 0 Å². The lowest BCUT2D eigenvalue weighted by atomic mass is 9.99. The van der Waals surface area contributed by atoms with Crippen molar-refractivity contribution in [3.63, 3.8) is 0 Å². The predicted octanol–water partition coefficient (Wildman–Crippen LogP) is 3.87. The molecule has 1 aromatic rings. The van der Waals surface area contributed by atoms with Gasteiger partial charge in [-0.2, -0.15) is 0 Å². The van der Waals surface area contributed by atoms with Crippen LogP contribution in [0.4, 0.5) is 4.79 Å². The molecule has 2 rings (SSSR count). The van der Waals surface area contributed by atoms with Crippen molar-refractivity contribution in [1.29, 1.82) is 0 Å². The van der Waals surface area contributed by atoms with E-state index in [1.807, 2.05) is 33.8 Å². The minimum atomic E-state index is -0.483. The molecule has 0 bridgehead atoms. The van der Waals surface area contributed by atoms with Crippen LogP contribution in [-0.4, -0.2) is 35.7 Å². The highest BCUT2D eigenvalue weighted by Gasteiger charge is 2.24. The van der Waals surface area contributed by atoms with Crippen LogP contribution >= 0.6 is 0 Å². The molecule has 1 aromatic carbocycles. The molecule has 1 aliphatic heterocycles. The van der Waals surface area contributed by atoms with Gasteiger partial charge in [0.1, 0.15) is 5.60 Å². The van der Waals surface area contributed by atoms with Gasteiger partial charge in [-0.15, -0.1) is 0 Å². The highest BCUT2D eigenvalue weighted by Crippen LogP contribution is 2.22. The van der Waals surface area contributed by atoms with Gasteiger partial charge in [-0.25, -0.2) is 4.79 Å². The summed E-state index contributed by atoms with van der Waals surface area (Å²) in [7, 11) is 0. The van der Waals surface area contributed by atoms with Gasteiger partial charge >= 0.3 is 12.1 Å². The van der Waals surface area contributed by atoms with Crippen molar-refractivity contribution in [3.05, 3.63) is 34.9 Å². The number of nitrogens with zero attached hydrogens (tertiary/aromatic N) is 1. The summed E-state index contributed by atoms with van der Waals surface area (Å²) in [4.78, 5) is 25.6. The van der Waals surface area contributed by atoms with Crippen LogP contribution in [0.5, 0.6) is 0 Å². The van der Waals surface area contributed by atoms with Gasteiger partial charge in [-0.05, 0) is 63.6 Å². The number of amides is 1. The highest BCUT2D eigenvalue weighted by atomic mass is 16.6. The number of ether oxygens (including phenoxy) is 2. The van der Waals surface area contributed by atoms with Crippen molar-refractivity contribution in [1.82, 2.24) is 4.90 Å². The Kier molecular flexibility index (Phi) is 6.45. The van der Waals surface area contributed by atoms with E-state index in [0.29, 0.717) is 32.5 Å². The molecule has 5 heteroatoms. The maximum atomic E-state index is 12.3. The Morgan fingerprint density at radius 1 is 1.20 bits per heavy atom. The summed E-state index contributed by atoms with van der Waals surface area (Å²) in [5.74, 6) is -0.159. The second-order valence-corrected chi connectivity index (χ2v) is 7.41. The molecule has 138 valence electrons. The third-order valence-corrected chi connectivity index (χ3v) is 4.08. The largest absolute Gasteiger partial charge is 0.466 e. The Morgan fingerprint density at radius 2 is 1.96 bits per heavy atom. The smallest absolute Gasteiger partial charge is 0.410 e. The summed E-state index contributed by atoms with van der Waals surface area (Å²) in [6.45, 7) is 9.15. The number of aryl methyl sites for hydroxylation is 2. The molecular formula is C20H29NO4. The fraction of sp³-hybridized carbons (Fsp3) is 0.600. The lowest BCUT2D eigenvalue weighted by Crippen LogP contribution is -2.36. The number of fused-ring (bicyclic) bond motifs is 1. The molecular weight excluding hydrogens is 318 g/mol. The van der Waals surface area contributed by atoms with Crippen LogP contribution in [0, 0.1) is 0 Å². The molecule has 0 aromatic heterocycles. The van der Waals surface area contributed by atoms with E-state index in [4.69, 9.17) is 9.47 Å². The van der Waals surface area contributed by atoms with Gasteiger partial charge in [0.2, 0.25) is 0 Å². The quantitative estimate of drug-likeness (QED) is 0.776. The number of hydrogen-bond donors (Lipinski definition) is 0. The molecule has 0 saturated heterocycles. The van der Waals surface area contributed by atoms with E-state index in [0.717, 1.165) is 24.0 Å². The average molecular weight is 347 g/mol. The second kappa shape index (κ2) is 8.37. The van der Waals surface area contributed by atoms with E-state index in [1.54, 1.807) is 4.90 Å². The van der Waals surface area contributed by atoms with E-state index in [9.17, 15) is 9.59 Å². The molecule has 0 spiro atoms. The van der Waals surface area contributed by atoms with E-state index in [2.05, 4.69) is 12.1 Å². The molecule has 5 nitrogen and oxygen atoms in total. The Morgan fingerprint density at radius 3 is 2.64 bits per heavy atom. The second-order valence-electron chi connectivity index (χ2n) is 7.41. The molecule has 1 amide bonds. The summed E-state index contributed by atoms with van der Waals surface area (Å²) < 4.78 is 10.5. The summed E-state index contributed by atoms with van der Waals surface area (Å²) in [5, 5.41) is 0. The van der Waals surface area contributed by atoms with Crippen molar-refractivity contribution in [2.24, 2.45) is 0 Å². The van der Waals surface area contributed by atoms with Crippen LogP contribution in [-0.2, 0) is 33.7 Å². The average Bonchev–Trinajstić information content (AvgIpc) is 2.73. The maximum absolute atomic E-state index is 12.3. The Balaban J connectivity index is 2.02. The first-order valence-electron chi connectivity index (χ1n) is 9.02. The fourth-order valence-electron chi connectivity index (χ4n) is 2.93. The molecule has 0 aliphatic carbocycles. The van der Waals surface area contributed by atoms with Crippen LogP contribution < -0.4 is 0 Å². The zero-order chi connectivity index (χ0) is 18.4. The Hall–Kier alpha value is -2.04. The fourth-order valence-corrected chi connectivity index (χ4v) is 2.93. The SMILES string of the molecule is CCOC(=O)CCc1ccc2c(c1)CCCN(C(=O)OC(C)(C)C)C2. The Bertz CT molecular complexity index is 619. The summed E-state index contributed by atoms with van der Waals surface area (Å²) in [5.41, 5.74) is 3.07. The first kappa shape index (κ1) is 19.3. The van der Waals surface area contributed by atoms with Crippen molar-refractivity contribution in [2.75, 3.05) is 13.2 Å². The molecule has 1 aliphatic rings. The molecule has 0 atom stereocenters. The van der Waals surface area contributed by atoms with Gasteiger partial charge in [-0.1, -0.05) is 18.2 Å². The van der Waals surface area contributed by atoms with Crippen molar-refractivity contribution in [3.8, 4) is 0 Å². The molecule has 0 N–H and O–H groups in total. The maximum Gasteiger partial charge on any atom is 0.410 e. The standard InChI is InChI=1S/C20H29NO4/c1-5-24-18(22)11-9-15-8-10-17-14-21(12-6-7-16(17)13-15)19(23)25-20(2,3)4/h8,10,13H,5-7,9,11-12,14H2,1-4H3. The topological polar surface area (TPSA) is 55.8 Å². The minimum absolute atomic E-state index is 0.159. The lowest BCUT2D eigenvalue weighted by molar-refractivity contribution is -0.143. The number of hydrogen-bond acceptors (Lipinski definition) is 4. The number of esters is 1. The summed E-state index contributed by atoms with van der Waals surface area (Å²) >= 11 is 0. The van der Waals surface area contributed by atoms with Crippen LogP contribution in [0.1, 0.15) is 57.2 Å². The Labute approximate surface area is 150 Å². The van der Waals surface area contributed by atoms with E-state index in [-0.39, 0.29) is 12.1 Å². The van der Waals surface area contributed by atoms with Gasteiger partial charge in [0.15, 0.2) is 0 Å². The lowest BCUT2D eigenvalue weighted by Gasteiger charge is -2.26.